The first kappa shape index (κ1) is 10.3. The van der Waals surface area contributed by atoms with Crippen LogP contribution < -0.4 is 10.5 Å². The van der Waals surface area contributed by atoms with Gasteiger partial charge in [-0.05, 0) is 19.1 Å². The summed E-state index contributed by atoms with van der Waals surface area (Å²) in [5.74, 6) is 0.548. The molecular weight excluding hydrogens is 178 g/mol. The third-order valence-corrected chi connectivity index (χ3v) is 1.80. The molecule has 1 aromatic carbocycles. The van der Waals surface area contributed by atoms with Crippen LogP contribution in [0.2, 0.25) is 0 Å². The van der Waals surface area contributed by atoms with E-state index in [9.17, 15) is 4.79 Å². The summed E-state index contributed by atoms with van der Waals surface area (Å²) in [5, 5.41) is 0. The van der Waals surface area contributed by atoms with E-state index in [-0.39, 0.29) is 0 Å². The van der Waals surface area contributed by atoms with Crippen LogP contribution in [0.25, 0.3) is 6.08 Å². The first-order valence-corrected chi connectivity index (χ1v) is 4.36. The van der Waals surface area contributed by atoms with Crippen molar-refractivity contribution < 1.29 is 9.53 Å². The Kier molecular flexibility index (Phi) is 3.29. The molecule has 0 saturated carbocycles. The smallest absolute Gasteiger partial charge is 0.153 e. The summed E-state index contributed by atoms with van der Waals surface area (Å²) in [7, 11) is 0. The standard InChI is InChI=1S/C11H13NO2/c1-3-8-5-10(12)6-9(7-13)11(8)14-4-2/h3,5-7H,1,4,12H2,2H3. The van der Waals surface area contributed by atoms with E-state index in [1.165, 1.54) is 0 Å². The number of hydrogen-bond acceptors (Lipinski definition) is 3. The van der Waals surface area contributed by atoms with E-state index < -0.39 is 0 Å². The molecular formula is C11H13NO2. The molecule has 0 bridgehead atoms. The van der Waals surface area contributed by atoms with Gasteiger partial charge in [0.1, 0.15) is 5.75 Å². The first-order valence-electron chi connectivity index (χ1n) is 4.36. The molecule has 1 rings (SSSR count). The molecule has 2 N–H and O–H groups in total. The van der Waals surface area contributed by atoms with Crippen LogP contribution >= 0.6 is 0 Å². The Bertz CT molecular complexity index is 329. The third-order valence-electron chi connectivity index (χ3n) is 1.80. The lowest BCUT2D eigenvalue weighted by Crippen LogP contribution is -2.00. The molecule has 74 valence electrons. The molecule has 0 aliphatic carbocycles. The highest BCUT2D eigenvalue weighted by Crippen LogP contribution is 2.26. The number of carbonyl (C=O) groups excluding carboxylic acids is 1. The van der Waals surface area contributed by atoms with Crippen LogP contribution in [0, 0.1) is 0 Å². The summed E-state index contributed by atoms with van der Waals surface area (Å²) in [6.07, 6.45) is 2.35. The van der Waals surface area contributed by atoms with Gasteiger partial charge in [0.25, 0.3) is 0 Å². The Morgan fingerprint density at radius 3 is 2.64 bits per heavy atom. The van der Waals surface area contributed by atoms with Gasteiger partial charge in [-0.3, -0.25) is 4.79 Å². The highest BCUT2D eigenvalue weighted by atomic mass is 16.5. The van der Waals surface area contributed by atoms with E-state index in [4.69, 9.17) is 10.5 Å². The van der Waals surface area contributed by atoms with E-state index >= 15 is 0 Å². The van der Waals surface area contributed by atoms with Gasteiger partial charge < -0.3 is 10.5 Å². The lowest BCUT2D eigenvalue weighted by Gasteiger charge is -2.10. The van der Waals surface area contributed by atoms with Crippen LogP contribution in [0.3, 0.4) is 0 Å². The predicted molar refractivity (Wildman–Crippen MR) is 57.5 cm³/mol. The molecule has 0 amide bonds. The summed E-state index contributed by atoms with van der Waals surface area (Å²) in [6.45, 7) is 6.00. The molecule has 0 aliphatic rings. The second-order valence-electron chi connectivity index (χ2n) is 2.78. The van der Waals surface area contributed by atoms with Crippen LogP contribution in [0.1, 0.15) is 22.8 Å². The predicted octanol–water partition coefficient (Wildman–Crippen LogP) is 2.12. The molecule has 3 heteroatoms. The quantitative estimate of drug-likeness (QED) is 0.585. The third kappa shape index (κ3) is 1.93. The van der Waals surface area contributed by atoms with E-state index in [2.05, 4.69) is 6.58 Å². The Balaban J connectivity index is 3.31. The monoisotopic (exact) mass is 191 g/mol. The van der Waals surface area contributed by atoms with E-state index in [0.29, 0.717) is 23.6 Å². The Hall–Kier alpha value is -1.77. The van der Waals surface area contributed by atoms with Crippen LogP contribution in [0.15, 0.2) is 18.7 Å². The van der Waals surface area contributed by atoms with Crippen LogP contribution in [0.4, 0.5) is 5.69 Å². The topological polar surface area (TPSA) is 52.3 Å². The van der Waals surface area contributed by atoms with Crippen molar-refractivity contribution in [2.24, 2.45) is 0 Å². The zero-order valence-electron chi connectivity index (χ0n) is 8.12. The van der Waals surface area contributed by atoms with Gasteiger partial charge in [0.15, 0.2) is 6.29 Å². The summed E-state index contributed by atoms with van der Waals surface area (Å²) in [4.78, 5) is 10.8. The summed E-state index contributed by atoms with van der Waals surface area (Å²) in [6, 6.07) is 3.32. The van der Waals surface area contributed by atoms with Gasteiger partial charge >= 0.3 is 0 Å². The molecule has 3 nitrogen and oxygen atoms in total. The van der Waals surface area contributed by atoms with Crippen molar-refractivity contribution in [3.63, 3.8) is 0 Å². The Morgan fingerprint density at radius 1 is 1.50 bits per heavy atom. The molecule has 0 fully saturated rings. The second kappa shape index (κ2) is 4.46. The number of hydrogen-bond donors (Lipinski definition) is 1. The lowest BCUT2D eigenvalue weighted by molar-refractivity contribution is 0.112. The van der Waals surface area contributed by atoms with Gasteiger partial charge in [-0.15, -0.1) is 0 Å². The zero-order chi connectivity index (χ0) is 10.6. The average Bonchev–Trinajstić information content (AvgIpc) is 2.20. The normalized spacial score (nSPS) is 9.50. The number of carbonyl (C=O) groups is 1. The van der Waals surface area contributed by atoms with E-state index in [0.717, 1.165) is 11.8 Å². The summed E-state index contributed by atoms with van der Waals surface area (Å²) >= 11 is 0. The fourth-order valence-corrected chi connectivity index (χ4v) is 1.25. The molecule has 0 saturated heterocycles. The van der Waals surface area contributed by atoms with Crippen LogP contribution in [-0.4, -0.2) is 12.9 Å². The minimum atomic E-state index is 0.460. The molecule has 14 heavy (non-hydrogen) atoms. The van der Waals surface area contributed by atoms with Crippen molar-refractivity contribution in [2.45, 2.75) is 6.92 Å². The van der Waals surface area contributed by atoms with E-state index in [1.807, 2.05) is 6.92 Å². The number of aldehydes is 1. The molecule has 0 aromatic heterocycles. The van der Waals surface area contributed by atoms with Crippen molar-refractivity contribution in [1.82, 2.24) is 0 Å². The van der Waals surface area contributed by atoms with Gasteiger partial charge in [0.05, 0.1) is 12.2 Å². The first-order chi connectivity index (χ1) is 6.72. The number of benzene rings is 1. The molecule has 0 atom stereocenters. The SMILES string of the molecule is C=Cc1cc(N)cc(C=O)c1OCC. The minimum Gasteiger partial charge on any atom is -0.492 e. The zero-order valence-corrected chi connectivity index (χ0v) is 8.12. The summed E-state index contributed by atoms with van der Waals surface area (Å²) < 4.78 is 5.35. The number of ether oxygens (including phenoxy) is 1. The van der Waals surface area contributed by atoms with Crippen molar-refractivity contribution >= 4 is 18.0 Å². The highest BCUT2D eigenvalue weighted by Gasteiger charge is 2.08. The van der Waals surface area contributed by atoms with Gasteiger partial charge in [-0.1, -0.05) is 12.7 Å². The van der Waals surface area contributed by atoms with Crippen molar-refractivity contribution in [3.05, 3.63) is 29.8 Å². The maximum Gasteiger partial charge on any atom is 0.153 e. The minimum absolute atomic E-state index is 0.460. The van der Waals surface area contributed by atoms with Gasteiger partial charge in [0, 0.05) is 11.3 Å². The van der Waals surface area contributed by atoms with Gasteiger partial charge in [0.2, 0.25) is 0 Å². The van der Waals surface area contributed by atoms with Crippen molar-refractivity contribution in [3.8, 4) is 5.75 Å². The number of rotatable bonds is 4. The Morgan fingerprint density at radius 2 is 2.14 bits per heavy atom. The van der Waals surface area contributed by atoms with Gasteiger partial charge in [-0.2, -0.15) is 0 Å². The highest BCUT2D eigenvalue weighted by molar-refractivity contribution is 5.84. The Labute approximate surface area is 83.2 Å². The average molecular weight is 191 g/mol. The van der Waals surface area contributed by atoms with Crippen molar-refractivity contribution in [1.29, 1.82) is 0 Å². The number of nitrogens with two attached hydrogens (primary N) is 1. The number of anilines is 1. The fourth-order valence-electron chi connectivity index (χ4n) is 1.25. The number of nitrogen functional groups attached to an aromatic ring is 1. The fraction of sp³-hybridized carbons (Fsp3) is 0.182. The molecule has 0 unspecified atom stereocenters. The van der Waals surface area contributed by atoms with Crippen LogP contribution in [-0.2, 0) is 0 Å². The summed E-state index contributed by atoms with van der Waals surface area (Å²) in [5.41, 5.74) is 7.35. The molecule has 0 aliphatic heterocycles. The second-order valence-corrected chi connectivity index (χ2v) is 2.78. The molecule has 0 heterocycles. The van der Waals surface area contributed by atoms with Crippen LogP contribution in [0.5, 0.6) is 5.75 Å². The lowest BCUT2D eigenvalue weighted by atomic mass is 10.1. The largest absolute Gasteiger partial charge is 0.492 e. The van der Waals surface area contributed by atoms with Crippen molar-refractivity contribution in [2.75, 3.05) is 12.3 Å². The maximum absolute atomic E-state index is 10.8. The maximum atomic E-state index is 10.8. The molecule has 0 radical (unpaired) electrons. The van der Waals surface area contributed by atoms with E-state index in [1.54, 1.807) is 18.2 Å². The molecule has 0 spiro atoms. The molecule has 1 aromatic rings. The van der Waals surface area contributed by atoms with Gasteiger partial charge in [-0.25, -0.2) is 0 Å².